The Balaban J connectivity index is 2.07. The zero-order valence-corrected chi connectivity index (χ0v) is 9.14. The molecule has 1 fully saturated rings. The first-order chi connectivity index (χ1) is 6.90. The minimum absolute atomic E-state index is 0.700. The predicted molar refractivity (Wildman–Crippen MR) is 60.1 cm³/mol. The fourth-order valence-electron chi connectivity index (χ4n) is 1.62. The van der Waals surface area contributed by atoms with Gasteiger partial charge in [-0.2, -0.15) is 0 Å². The van der Waals surface area contributed by atoms with E-state index in [4.69, 9.17) is 4.74 Å². The van der Waals surface area contributed by atoms with Crippen molar-refractivity contribution in [3.8, 4) is 5.75 Å². The van der Waals surface area contributed by atoms with Crippen LogP contribution in [0, 0.1) is 0 Å². The number of hydrogen-bond acceptors (Lipinski definition) is 3. The molecule has 1 atom stereocenters. The van der Waals surface area contributed by atoms with Crippen molar-refractivity contribution in [1.29, 1.82) is 0 Å². The van der Waals surface area contributed by atoms with Crippen LogP contribution in [0.25, 0.3) is 0 Å². The van der Waals surface area contributed by atoms with Crippen molar-refractivity contribution in [3.63, 3.8) is 0 Å². The third kappa shape index (κ3) is 2.22. The number of nitrogens with one attached hydrogen (secondary N) is 1. The summed E-state index contributed by atoms with van der Waals surface area (Å²) in [5, 5.41) is 4.07. The number of methoxy groups -OCH3 is 1. The highest BCUT2D eigenvalue weighted by atomic mass is 32.2. The van der Waals surface area contributed by atoms with Crippen LogP contribution in [0.5, 0.6) is 5.75 Å². The second kappa shape index (κ2) is 4.71. The van der Waals surface area contributed by atoms with E-state index in [0.717, 1.165) is 18.8 Å². The molecule has 1 aliphatic rings. The lowest BCUT2D eigenvalue weighted by Gasteiger charge is -2.11. The van der Waals surface area contributed by atoms with Gasteiger partial charge in [-0.1, -0.05) is 12.1 Å². The normalized spacial score (nSPS) is 21.1. The molecule has 1 aromatic rings. The van der Waals surface area contributed by atoms with E-state index in [1.807, 2.05) is 23.9 Å². The van der Waals surface area contributed by atoms with Gasteiger partial charge in [0.25, 0.3) is 0 Å². The van der Waals surface area contributed by atoms with Gasteiger partial charge >= 0.3 is 0 Å². The van der Waals surface area contributed by atoms with Crippen LogP contribution in [0.1, 0.15) is 6.42 Å². The number of hydrogen-bond donors (Lipinski definition) is 1. The van der Waals surface area contributed by atoms with Crippen molar-refractivity contribution in [2.45, 2.75) is 16.6 Å². The van der Waals surface area contributed by atoms with Crippen molar-refractivity contribution >= 4 is 11.8 Å². The molecule has 0 radical (unpaired) electrons. The molecule has 1 aliphatic heterocycles. The molecule has 1 heterocycles. The SMILES string of the molecule is COc1ccccc1S[C@@H]1CCNC1. The summed E-state index contributed by atoms with van der Waals surface area (Å²) in [6, 6.07) is 8.22. The highest BCUT2D eigenvalue weighted by Crippen LogP contribution is 2.33. The zero-order valence-electron chi connectivity index (χ0n) is 8.32. The monoisotopic (exact) mass is 209 g/mol. The maximum Gasteiger partial charge on any atom is 0.132 e. The van der Waals surface area contributed by atoms with Gasteiger partial charge in [0.1, 0.15) is 5.75 Å². The average Bonchev–Trinajstić information content (AvgIpc) is 2.71. The fraction of sp³-hybridized carbons (Fsp3) is 0.455. The Morgan fingerprint density at radius 1 is 1.43 bits per heavy atom. The second-order valence-electron chi connectivity index (χ2n) is 3.38. The molecule has 2 rings (SSSR count). The van der Waals surface area contributed by atoms with Crippen LogP contribution in [0.4, 0.5) is 0 Å². The standard InChI is InChI=1S/C11H15NOS/c1-13-10-4-2-3-5-11(10)14-9-6-7-12-8-9/h2-5,9,12H,6-8H2,1H3/t9-/m1/s1. The maximum atomic E-state index is 5.31. The Morgan fingerprint density at radius 2 is 2.29 bits per heavy atom. The quantitative estimate of drug-likeness (QED) is 0.824. The lowest BCUT2D eigenvalue weighted by Crippen LogP contribution is -2.10. The van der Waals surface area contributed by atoms with E-state index in [0.29, 0.717) is 5.25 Å². The van der Waals surface area contributed by atoms with Crippen LogP contribution >= 0.6 is 11.8 Å². The van der Waals surface area contributed by atoms with Gasteiger partial charge in [-0.05, 0) is 25.1 Å². The minimum Gasteiger partial charge on any atom is -0.496 e. The summed E-state index contributed by atoms with van der Waals surface area (Å²) in [7, 11) is 1.73. The maximum absolute atomic E-state index is 5.31. The summed E-state index contributed by atoms with van der Waals surface area (Å²) in [4.78, 5) is 1.25. The minimum atomic E-state index is 0.700. The first kappa shape index (κ1) is 9.87. The molecule has 14 heavy (non-hydrogen) atoms. The van der Waals surface area contributed by atoms with Crippen LogP contribution in [0.3, 0.4) is 0 Å². The molecule has 0 aliphatic carbocycles. The number of benzene rings is 1. The highest BCUT2D eigenvalue weighted by Gasteiger charge is 2.16. The third-order valence-electron chi connectivity index (χ3n) is 2.38. The summed E-state index contributed by atoms with van der Waals surface area (Å²) in [6.07, 6.45) is 1.25. The Morgan fingerprint density at radius 3 is 3.00 bits per heavy atom. The number of para-hydroxylation sites is 1. The highest BCUT2D eigenvalue weighted by molar-refractivity contribution is 8.00. The van der Waals surface area contributed by atoms with Gasteiger partial charge < -0.3 is 10.1 Å². The van der Waals surface area contributed by atoms with E-state index in [1.54, 1.807) is 7.11 Å². The summed E-state index contributed by atoms with van der Waals surface area (Å²) < 4.78 is 5.31. The molecular formula is C11H15NOS. The molecule has 0 aromatic heterocycles. The van der Waals surface area contributed by atoms with Gasteiger partial charge in [0, 0.05) is 16.7 Å². The lowest BCUT2D eigenvalue weighted by molar-refractivity contribution is 0.404. The Hall–Kier alpha value is -0.670. The molecule has 2 nitrogen and oxygen atoms in total. The van der Waals surface area contributed by atoms with Gasteiger partial charge in [0.2, 0.25) is 0 Å². The molecular weight excluding hydrogens is 194 g/mol. The number of thioether (sulfide) groups is 1. The molecule has 3 heteroatoms. The fourth-order valence-corrected chi connectivity index (χ4v) is 2.85. The van der Waals surface area contributed by atoms with Gasteiger partial charge in [0.05, 0.1) is 7.11 Å². The first-order valence-corrected chi connectivity index (χ1v) is 5.78. The largest absolute Gasteiger partial charge is 0.496 e. The van der Waals surface area contributed by atoms with Crippen molar-refractivity contribution in [1.82, 2.24) is 5.32 Å². The Labute approximate surface area is 89.0 Å². The van der Waals surface area contributed by atoms with Crippen molar-refractivity contribution in [2.75, 3.05) is 20.2 Å². The number of ether oxygens (including phenoxy) is 1. The van der Waals surface area contributed by atoms with E-state index in [-0.39, 0.29) is 0 Å². The topological polar surface area (TPSA) is 21.3 Å². The van der Waals surface area contributed by atoms with E-state index in [2.05, 4.69) is 17.4 Å². The molecule has 1 N–H and O–H groups in total. The van der Waals surface area contributed by atoms with E-state index >= 15 is 0 Å². The Bertz CT molecular complexity index is 297. The molecule has 0 saturated carbocycles. The van der Waals surface area contributed by atoms with Gasteiger partial charge in [-0.25, -0.2) is 0 Å². The van der Waals surface area contributed by atoms with Gasteiger partial charge in [0.15, 0.2) is 0 Å². The smallest absolute Gasteiger partial charge is 0.132 e. The average molecular weight is 209 g/mol. The lowest BCUT2D eigenvalue weighted by atomic mass is 10.3. The predicted octanol–water partition coefficient (Wildman–Crippen LogP) is 2.15. The van der Waals surface area contributed by atoms with Crippen LogP contribution in [0.2, 0.25) is 0 Å². The van der Waals surface area contributed by atoms with Crippen molar-refractivity contribution in [3.05, 3.63) is 24.3 Å². The van der Waals surface area contributed by atoms with Crippen LogP contribution in [-0.2, 0) is 0 Å². The first-order valence-electron chi connectivity index (χ1n) is 4.90. The van der Waals surface area contributed by atoms with Crippen molar-refractivity contribution < 1.29 is 4.74 Å². The van der Waals surface area contributed by atoms with Crippen LogP contribution in [-0.4, -0.2) is 25.4 Å². The second-order valence-corrected chi connectivity index (χ2v) is 4.73. The van der Waals surface area contributed by atoms with Crippen LogP contribution in [0.15, 0.2) is 29.2 Å². The van der Waals surface area contributed by atoms with Gasteiger partial charge in [-0.15, -0.1) is 11.8 Å². The third-order valence-corrected chi connectivity index (χ3v) is 3.70. The van der Waals surface area contributed by atoms with E-state index in [1.165, 1.54) is 11.3 Å². The van der Waals surface area contributed by atoms with Gasteiger partial charge in [-0.3, -0.25) is 0 Å². The van der Waals surface area contributed by atoms with Crippen molar-refractivity contribution in [2.24, 2.45) is 0 Å². The summed E-state index contributed by atoms with van der Waals surface area (Å²) in [6.45, 7) is 2.26. The Kier molecular flexibility index (Phi) is 3.32. The van der Waals surface area contributed by atoms with E-state index < -0.39 is 0 Å². The zero-order chi connectivity index (χ0) is 9.80. The molecule has 0 unspecified atom stereocenters. The molecule has 0 amide bonds. The van der Waals surface area contributed by atoms with Crippen LogP contribution < -0.4 is 10.1 Å². The summed E-state index contributed by atoms with van der Waals surface area (Å²) >= 11 is 1.91. The number of rotatable bonds is 3. The molecule has 0 bridgehead atoms. The summed E-state index contributed by atoms with van der Waals surface area (Å²) in [5.74, 6) is 0.990. The molecule has 1 saturated heterocycles. The summed E-state index contributed by atoms with van der Waals surface area (Å²) in [5.41, 5.74) is 0. The van der Waals surface area contributed by atoms with E-state index in [9.17, 15) is 0 Å². The molecule has 76 valence electrons. The molecule has 1 aromatic carbocycles. The molecule has 0 spiro atoms.